The summed E-state index contributed by atoms with van der Waals surface area (Å²) in [5, 5.41) is 3.64. The molecule has 0 aromatic carbocycles. The van der Waals surface area contributed by atoms with Gasteiger partial charge in [0.1, 0.15) is 5.75 Å². The molecule has 0 spiro atoms. The fraction of sp³-hybridized carbons (Fsp3) is 0.667. The van der Waals surface area contributed by atoms with Crippen molar-refractivity contribution in [3.63, 3.8) is 0 Å². The van der Waals surface area contributed by atoms with Crippen LogP contribution in [0.1, 0.15) is 43.0 Å². The number of hydrogen-bond donors (Lipinski definition) is 1. The smallest absolute Gasteiger partial charge is 0.128 e. The highest BCUT2D eigenvalue weighted by Crippen LogP contribution is 2.27. The molecule has 3 heteroatoms. The summed E-state index contributed by atoms with van der Waals surface area (Å²) in [6.07, 6.45) is 5.90. The van der Waals surface area contributed by atoms with Gasteiger partial charge in [0.05, 0.1) is 12.8 Å². The maximum Gasteiger partial charge on any atom is 0.128 e. The molecule has 0 amide bonds. The number of aromatic nitrogens is 1. The summed E-state index contributed by atoms with van der Waals surface area (Å²) in [6.45, 7) is 7.31. The summed E-state index contributed by atoms with van der Waals surface area (Å²) in [4.78, 5) is 4.53. The average molecular weight is 248 g/mol. The zero-order chi connectivity index (χ0) is 13.1. The van der Waals surface area contributed by atoms with Crippen molar-refractivity contribution >= 4 is 0 Å². The summed E-state index contributed by atoms with van der Waals surface area (Å²) >= 11 is 0. The molecule has 0 radical (unpaired) electrons. The largest absolute Gasteiger partial charge is 0.496 e. The highest BCUT2D eigenvalue weighted by Gasteiger charge is 2.23. The van der Waals surface area contributed by atoms with Crippen LogP contribution in [-0.4, -0.2) is 18.1 Å². The third-order valence-corrected chi connectivity index (χ3v) is 4.14. The number of hydrogen-bond acceptors (Lipinski definition) is 3. The Kier molecular flexibility index (Phi) is 4.23. The van der Waals surface area contributed by atoms with Gasteiger partial charge in [-0.15, -0.1) is 0 Å². The fourth-order valence-electron chi connectivity index (χ4n) is 2.93. The van der Waals surface area contributed by atoms with Gasteiger partial charge in [0.25, 0.3) is 0 Å². The lowest BCUT2D eigenvalue weighted by Gasteiger charge is -2.18. The van der Waals surface area contributed by atoms with Crippen LogP contribution in [0, 0.1) is 19.8 Å². The fourth-order valence-corrected chi connectivity index (χ4v) is 2.93. The second-order valence-corrected chi connectivity index (χ2v) is 5.44. The number of aryl methyl sites for hydroxylation is 1. The highest BCUT2D eigenvalue weighted by atomic mass is 16.5. The lowest BCUT2D eigenvalue weighted by molar-refractivity contribution is 0.402. The standard InChI is InChI=1S/C15H24N2O/c1-10-6-5-7-13(10)17-9-14-12(3)15(18-4)11(2)8-16-14/h8,10,13,17H,5-7,9H2,1-4H3. The summed E-state index contributed by atoms with van der Waals surface area (Å²) in [5.74, 6) is 1.76. The van der Waals surface area contributed by atoms with Crippen molar-refractivity contribution in [3.8, 4) is 5.75 Å². The lowest BCUT2D eigenvalue weighted by atomic mass is 10.1. The monoisotopic (exact) mass is 248 g/mol. The van der Waals surface area contributed by atoms with E-state index in [0.29, 0.717) is 6.04 Å². The van der Waals surface area contributed by atoms with E-state index < -0.39 is 0 Å². The van der Waals surface area contributed by atoms with Gasteiger partial charge in [-0.1, -0.05) is 13.3 Å². The van der Waals surface area contributed by atoms with Gasteiger partial charge in [-0.25, -0.2) is 0 Å². The van der Waals surface area contributed by atoms with E-state index in [1.54, 1.807) is 7.11 Å². The first-order valence-corrected chi connectivity index (χ1v) is 6.86. The van der Waals surface area contributed by atoms with Crippen LogP contribution < -0.4 is 10.1 Å². The van der Waals surface area contributed by atoms with E-state index >= 15 is 0 Å². The Morgan fingerprint density at radius 3 is 2.78 bits per heavy atom. The van der Waals surface area contributed by atoms with E-state index in [-0.39, 0.29) is 0 Å². The maximum atomic E-state index is 5.44. The van der Waals surface area contributed by atoms with Crippen LogP contribution in [0.15, 0.2) is 6.20 Å². The maximum absolute atomic E-state index is 5.44. The van der Waals surface area contributed by atoms with Gasteiger partial charge >= 0.3 is 0 Å². The van der Waals surface area contributed by atoms with Crippen LogP contribution in [0.3, 0.4) is 0 Å². The predicted octanol–water partition coefficient (Wildman–Crippen LogP) is 2.99. The molecule has 2 unspecified atom stereocenters. The molecule has 2 rings (SSSR count). The van der Waals surface area contributed by atoms with E-state index in [4.69, 9.17) is 4.74 Å². The van der Waals surface area contributed by atoms with Gasteiger partial charge in [-0.05, 0) is 32.6 Å². The third-order valence-electron chi connectivity index (χ3n) is 4.14. The number of nitrogens with one attached hydrogen (secondary N) is 1. The van der Waals surface area contributed by atoms with Crippen LogP contribution in [0.4, 0.5) is 0 Å². The molecule has 1 N–H and O–H groups in total. The second kappa shape index (κ2) is 5.70. The van der Waals surface area contributed by atoms with Crippen molar-refractivity contribution in [2.24, 2.45) is 5.92 Å². The van der Waals surface area contributed by atoms with Gasteiger partial charge in [0, 0.05) is 29.9 Å². The molecule has 1 aliphatic carbocycles. The van der Waals surface area contributed by atoms with Gasteiger partial charge in [-0.3, -0.25) is 4.98 Å². The van der Waals surface area contributed by atoms with Crippen LogP contribution in [0.25, 0.3) is 0 Å². The van der Waals surface area contributed by atoms with Crippen molar-refractivity contribution in [3.05, 3.63) is 23.0 Å². The van der Waals surface area contributed by atoms with E-state index in [9.17, 15) is 0 Å². The van der Waals surface area contributed by atoms with Crippen LogP contribution in [0.5, 0.6) is 5.75 Å². The van der Waals surface area contributed by atoms with Gasteiger partial charge in [-0.2, -0.15) is 0 Å². The topological polar surface area (TPSA) is 34.1 Å². The first-order chi connectivity index (χ1) is 8.63. The molecule has 0 aliphatic heterocycles. The molecule has 18 heavy (non-hydrogen) atoms. The zero-order valence-corrected chi connectivity index (χ0v) is 11.9. The highest BCUT2D eigenvalue weighted by molar-refractivity contribution is 5.41. The Bertz CT molecular complexity index is 417. The van der Waals surface area contributed by atoms with Crippen LogP contribution in [0.2, 0.25) is 0 Å². The Hall–Kier alpha value is -1.09. The first-order valence-electron chi connectivity index (χ1n) is 6.86. The lowest BCUT2D eigenvalue weighted by Crippen LogP contribution is -2.31. The molecule has 1 saturated carbocycles. The molecule has 2 atom stereocenters. The molecule has 1 fully saturated rings. The van der Waals surface area contributed by atoms with Crippen molar-refractivity contribution in [1.82, 2.24) is 10.3 Å². The molecule has 0 bridgehead atoms. The van der Waals surface area contributed by atoms with Crippen molar-refractivity contribution in [2.45, 2.75) is 52.6 Å². The number of methoxy groups -OCH3 is 1. The Balaban J connectivity index is 2.05. The molecule has 1 aromatic rings. The van der Waals surface area contributed by atoms with Crippen molar-refractivity contribution in [2.75, 3.05) is 7.11 Å². The number of nitrogens with zero attached hydrogens (tertiary/aromatic N) is 1. The Labute approximate surface area is 110 Å². The minimum atomic E-state index is 0.651. The molecule has 100 valence electrons. The van der Waals surface area contributed by atoms with Crippen molar-refractivity contribution < 1.29 is 4.74 Å². The molecule has 0 saturated heterocycles. The average Bonchev–Trinajstić information content (AvgIpc) is 2.75. The third kappa shape index (κ3) is 2.66. The van der Waals surface area contributed by atoms with Crippen LogP contribution in [-0.2, 0) is 6.54 Å². The summed E-state index contributed by atoms with van der Waals surface area (Å²) < 4.78 is 5.44. The molecular weight excluding hydrogens is 224 g/mol. The van der Waals surface area contributed by atoms with Crippen LogP contribution >= 0.6 is 0 Å². The van der Waals surface area contributed by atoms with E-state index in [1.807, 2.05) is 13.1 Å². The van der Waals surface area contributed by atoms with E-state index in [0.717, 1.165) is 35.0 Å². The summed E-state index contributed by atoms with van der Waals surface area (Å²) in [6, 6.07) is 0.651. The molecule has 3 nitrogen and oxygen atoms in total. The number of rotatable bonds is 4. The molecular formula is C15H24N2O. The van der Waals surface area contributed by atoms with Gasteiger partial charge < -0.3 is 10.1 Å². The van der Waals surface area contributed by atoms with Crippen molar-refractivity contribution in [1.29, 1.82) is 0 Å². The predicted molar refractivity (Wildman–Crippen MR) is 73.9 cm³/mol. The first kappa shape index (κ1) is 13.3. The molecule has 1 aromatic heterocycles. The SMILES string of the molecule is COc1c(C)cnc(CNC2CCCC2C)c1C. The minimum Gasteiger partial charge on any atom is -0.496 e. The molecule has 1 aliphatic rings. The Morgan fingerprint density at radius 2 is 2.17 bits per heavy atom. The minimum absolute atomic E-state index is 0.651. The Morgan fingerprint density at radius 1 is 1.39 bits per heavy atom. The second-order valence-electron chi connectivity index (χ2n) is 5.44. The van der Waals surface area contributed by atoms with E-state index in [1.165, 1.54) is 19.3 Å². The van der Waals surface area contributed by atoms with E-state index in [2.05, 4.69) is 24.1 Å². The molecule has 1 heterocycles. The number of pyridine rings is 1. The van der Waals surface area contributed by atoms with Gasteiger partial charge in [0.15, 0.2) is 0 Å². The summed E-state index contributed by atoms with van der Waals surface area (Å²) in [5.41, 5.74) is 3.38. The quantitative estimate of drug-likeness (QED) is 0.889. The summed E-state index contributed by atoms with van der Waals surface area (Å²) in [7, 11) is 1.73. The zero-order valence-electron chi connectivity index (χ0n) is 11.9. The normalized spacial score (nSPS) is 23.3. The van der Waals surface area contributed by atoms with Gasteiger partial charge in [0.2, 0.25) is 0 Å². The number of ether oxygens (including phenoxy) is 1.